The standard InChI is InChI=1S/C15H19NO3/c1-10(16-15(17)11-3-2-4-11)12-5-6-13-14(9-12)19-8-7-18-13/h5-6,9-11H,2-4,7-8H2,1H3,(H,16,17). The van der Waals surface area contributed by atoms with E-state index in [-0.39, 0.29) is 17.9 Å². The molecule has 2 aliphatic rings. The summed E-state index contributed by atoms with van der Waals surface area (Å²) in [4.78, 5) is 11.9. The average molecular weight is 261 g/mol. The number of ether oxygens (including phenoxy) is 2. The summed E-state index contributed by atoms with van der Waals surface area (Å²) in [6.45, 7) is 3.18. The summed E-state index contributed by atoms with van der Waals surface area (Å²) in [5, 5.41) is 3.07. The van der Waals surface area contributed by atoms with Crippen LogP contribution in [0.1, 0.15) is 37.8 Å². The summed E-state index contributed by atoms with van der Waals surface area (Å²) in [6, 6.07) is 5.86. The maximum atomic E-state index is 11.9. The zero-order chi connectivity index (χ0) is 13.2. The number of carbonyl (C=O) groups excluding carboxylic acids is 1. The van der Waals surface area contributed by atoms with Crippen LogP contribution in [-0.4, -0.2) is 19.1 Å². The van der Waals surface area contributed by atoms with Gasteiger partial charge < -0.3 is 14.8 Å². The highest BCUT2D eigenvalue weighted by atomic mass is 16.6. The number of rotatable bonds is 3. The first-order valence-electron chi connectivity index (χ1n) is 6.94. The molecule has 1 aromatic carbocycles. The predicted octanol–water partition coefficient (Wildman–Crippen LogP) is 2.44. The molecule has 1 fully saturated rings. The lowest BCUT2D eigenvalue weighted by molar-refractivity contribution is -0.128. The highest BCUT2D eigenvalue weighted by molar-refractivity contribution is 5.79. The number of amides is 1. The van der Waals surface area contributed by atoms with Crippen LogP contribution in [0.3, 0.4) is 0 Å². The molecule has 1 aromatic rings. The zero-order valence-corrected chi connectivity index (χ0v) is 11.1. The first-order chi connectivity index (χ1) is 9.24. The van der Waals surface area contributed by atoms with Gasteiger partial charge in [-0.1, -0.05) is 12.5 Å². The van der Waals surface area contributed by atoms with Crippen molar-refractivity contribution in [1.29, 1.82) is 0 Å². The van der Waals surface area contributed by atoms with Crippen molar-refractivity contribution in [1.82, 2.24) is 5.32 Å². The van der Waals surface area contributed by atoms with Crippen LogP contribution >= 0.6 is 0 Å². The van der Waals surface area contributed by atoms with Gasteiger partial charge in [-0.3, -0.25) is 4.79 Å². The molecular formula is C15H19NO3. The second-order valence-electron chi connectivity index (χ2n) is 5.26. The van der Waals surface area contributed by atoms with Gasteiger partial charge in [-0.05, 0) is 37.5 Å². The van der Waals surface area contributed by atoms with Crippen molar-refractivity contribution in [2.24, 2.45) is 5.92 Å². The highest BCUT2D eigenvalue weighted by Crippen LogP contribution is 2.33. The fourth-order valence-electron chi connectivity index (χ4n) is 2.41. The maximum absolute atomic E-state index is 11.9. The summed E-state index contributed by atoms with van der Waals surface area (Å²) in [6.07, 6.45) is 3.23. The molecule has 1 atom stereocenters. The molecule has 19 heavy (non-hydrogen) atoms. The molecule has 1 unspecified atom stereocenters. The van der Waals surface area contributed by atoms with E-state index in [0.29, 0.717) is 13.2 Å². The number of hydrogen-bond acceptors (Lipinski definition) is 3. The van der Waals surface area contributed by atoms with E-state index in [1.807, 2.05) is 25.1 Å². The molecule has 0 bridgehead atoms. The molecule has 1 amide bonds. The molecule has 3 rings (SSSR count). The number of nitrogens with one attached hydrogen (secondary N) is 1. The van der Waals surface area contributed by atoms with Crippen molar-refractivity contribution in [3.05, 3.63) is 23.8 Å². The highest BCUT2D eigenvalue weighted by Gasteiger charge is 2.26. The fourth-order valence-corrected chi connectivity index (χ4v) is 2.41. The number of carbonyl (C=O) groups is 1. The summed E-state index contributed by atoms with van der Waals surface area (Å²) in [7, 11) is 0. The van der Waals surface area contributed by atoms with Crippen molar-refractivity contribution in [3.63, 3.8) is 0 Å². The van der Waals surface area contributed by atoms with Gasteiger partial charge in [0.15, 0.2) is 11.5 Å². The molecule has 0 aromatic heterocycles. The van der Waals surface area contributed by atoms with Crippen LogP contribution in [0, 0.1) is 5.92 Å². The van der Waals surface area contributed by atoms with Gasteiger partial charge in [0.2, 0.25) is 5.91 Å². The van der Waals surface area contributed by atoms with Crippen LogP contribution in [-0.2, 0) is 4.79 Å². The van der Waals surface area contributed by atoms with Crippen LogP contribution in [0.2, 0.25) is 0 Å². The third-order valence-electron chi connectivity index (χ3n) is 3.90. The van der Waals surface area contributed by atoms with E-state index in [0.717, 1.165) is 29.9 Å². The average Bonchev–Trinajstić information content (AvgIpc) is 2.36. The van der Waals surface area contributed by atoms with Crippen LogP contribution in [0.5, 0.6) is 11.5 Å². The Labute approximate surface area is 113 Å². The molecule has 4 heteroatoms. The first-order valence-corrected chi connectivity index (χ1v) is 6.94. The molecule has 0 saturated heterocycles. The fraction of sp³-hybridized carbons (Fsp3) is 0.533. The van der Waals surface area contributed by atoms with E-state index >= 15 is 0 Å². The Kier molecular flexibility index (Phi) is 3.32. The van der Waals surface area contributed by atoms with Crippen LogP contribution in [0.15, 0.2) is 18.2 Å². The van der Waals surface area contributed by atoms with Gasteiger partial charge in [-0.15, -0.1) is 0 Å². The summed E-state index contributed by atoms with van der Waals surface area (Å²) in [5.74, 6) is 1.95. The van der Waals surface area contributed by atoms with E-state index in [9.17, 15) is 4.79 Å². The Morgan fingerprint density at radius 3 is 2.68 bits per heavy atom. The third-order valence-corrected chi connectivity index (χ3v) is 3.90. The number of benzene rings is 1. The van der Waals surface area contributed by atoms with E-state index in [1.54, 1.807) is 0 Å². The van der Waals surface area contributed by atoms with Gasteiger partial charge in [-0.2, -0.15) is 0 Å². The van der Waals surface area contributed by atoms with Crippen molar-refractivity contribution in [2.45, 2.75) is 32.2 Å². The van der Waals surface area contributed by atoms with Gasteiger partial charge in [0.1, 0.15) is 13.2 Å². The Bertz CT molecular complexity index is 482. The van der Waals surface area contributed by atoms with Gasteiger partial charge in [0.25, 0.3) is 0 Å². The quantitative estimate of drug-likeness (QED) is 0.909. The van der Waals surface area contributed by atoms with Crippen molar-refractivity contribution in [3.8, 4) is 11.5 Å². The summed E-state index contributed by atoms with van der Waals surface area (Å²) < 4.78 is 11.1. The molecule has 102 valence electrons. The molecular weight excluding hydrogens is 242 g/mol. The monoisotopic (exact) mass is 261 g/mol. The summed E-state index contributed by atoms with van der Waals surface area (Å²) in [5.41, 5.74) is 1.05. The van der Waals surface area contributed by atoms with E-state index in [4.69, 9.17) is 9.47 Å². The Morgan fingerprint density at radius 1 is 1.26 bits per heavy atom. The second-order valence-corrected chi connectivity index (χ2v) is 5.26. The van der Waals surface area contributed by atoms with Gasteiger partial charge >= 0.3 is 0 Å². The van der Waals surface area contributed by atoms with Crippen LogP contribution in [0.25, 0.3) is 0 Å². The molecule has 1 heterocycles. The zero-order valence-electron chi connectivity index (χ0n) is 11.1. The van der Waals surface area contributed by atoms with Gasteiger partial charge in [0.05, 0.1) is 6.04 Å². The van der Waals surface area contributed by atoms with Crippen LogP contribution < -0.4 is 14.8 Å². The lowest BCUT2D eigenvalue weighted by atomic mass is 9.84. The first kappa shape index (κ1) is 12.3. The molecule has 1 aliphatic carbocycles. The molecule has 4 nitrogen and oxygen atoms in total. The van der Waals surface area contributed by atoms with E-state index < -0.39 is 0 Å². The number of fused-ring (bicyclic) bond motifs is 1. The van der Waals surface area contributed by atoms with Crippen molar-refractivity contribution < 1.29 is 14.3 Å². The molecule has 1 saturated carbocycles. The van der Waals surface area contributed by atoms with Gasteiger partial charge in [0, 0.05) is 5.92 Å². The SMILES string of the molecule is CC(NC(=O)C1CCC1)c1ccc2c(c1)OCCO2. The van der Waals surface area contributed by atoms with Crippen LogP contribution in [0.4, 0.5) is 0 Å². The van der Waals surface area contributed by atoms with E-state index in [1.165, 1.54) is 6.42 Å². The molecule has 1 N–H and O–H groups in total. The van der Waals surface area contributed by atoms with Gasteiger partial charge in [-0.25, -0.2) is 0 Å². The van der Waals surface area contributed by atoms with Crippen molar-refractivity contribution >= 4 is 5.91 Å². The maximum Gasteiger partial charge on any atom is 0.223 e. The Balaban J connectivity index is 1.68. The van der Waals surface area contributed by atoms with Crippen molar-refractivity contribution in [2.75, 3.05) is 13.2 Å². The smallest absolute Gasteiger partial charge is 0.223 e. The Morgan fingerprint density at radius 2 is 2.00 bits per heavy atom. The normalized spacial score (nSPS) is 19.4. The minimum atomic E-state index is 0.00364. The second kappa shape index (κ2) is 5.11. The molecule has 0 radical (unpaired) electrons. The predicted molar refractivity (Wildman–Crippen MR) is 71.3 cm³/mol. The summed E-state index contributed by atoms with van der Waals surface area (Å²) >= 11 is 0. The lowest BCUT2D eigenvalue weighted by Crippen LogP contribution is -2.36. The molecule has 1 aliphatic heterocycles. The third kappa shape index (κ3) is 2.53. The minimum absolute atomic E-state index is 0.00364. The number of hydrogen-bond donors (Lipinski definition) is 1. The van der Waals surface area contributed by atoms with E-state index in [2.05, 4.69) is 5.32 Å². The topological polar surface area (TPSA) is 47.6 Å². The molecule has 0 spiro atoms. The Hall–Kier alpha value is -1.71. The lowest BCUT2D eigenvalue weighted by Gasteiger charge is -2.27. The minimum Gasteiger partial charge on any atom is -0.486 e. The largest absolute Gasteiger partial charge is 0.486 e.